The highest BCUT2D eigenvalue weighted by Gasteiger charge is 2.22. The Labute approximate surface area is 174 Å². The Morgan fingerprint density at radius 3 is 2.57 bits per heavy atom. The van der Waals surface area contributed by atoms with Crippen LogP contribution in [0.25, 0.3) is 10.9 Å². The van der Waals surface area contributed by atoms with Crippen molar-refractivity contribution in [2.24, 2.45) is 0 Å². The molecule has 6 heteroatoms. The molecule has 5 nitrogen and oxygen atoms in total. The van der Waals surface area contributed by atoms with Crippen LogP contribution < -0.4 is 5.32 Å². The summed E-state index contributed by atoms with van der Waals surface area (Å²) in [6.45, 7) is 3.56. The standard InChI is InChI=1S/C24H25FN2O3/c1-2-22(28)17-8-6-16(7-9-17)14-27-15-19(23-20(25)4-3-5-21(23)27)24(29)26-18-10-12-30-13-11-18/h3-9,15,18H,2,10-14H2,1H3,(H,26,29). The smallest absolute Gasteiger partial charge is 0.253 e. The predicted octanol–water partition coefficient (Wildman–Crippen LogP) is 4.33. The third-order valence-corrected chi connectivity index (χ3v) is 5.61. The van der Waals surface area contributed by atoms with E-state index in [-0.39, 0.29) is 17.7 Å². The lowest BCUT2D eigenvalue weighted by atomic mass is 10.1. The maximum Gasteiger partial charge on any atom is 0.253 e. The number of nitrogens with one attached hydrogen (secondary N) is 1. The van der Waals surface area contributed by atoms with Crippen LogP contribution in [0.5, 0.6) is 0 Å². The molecule has 0 unspecified atom stereocenters. The zero-order valence-corrected chi connectivity index (χ0v) is 17.0. The Morgan fingerprint density at radius 1 is 1.13 bits per heavy atom. The Kier molecular flexibility index (Phi) is 5.95. The second-order valence-electron chi connectivity index (χ2n) is 7.64. The first-order chi connectivity index (χ1) is 14.6. The minimum atomic E-state index is -0.410. The van der Waals surface area contributed by atoms with Crippen LogP contribution in [0.1, 0.15) is 52.5 Å². The first kappa shape index (κ1) is 20.3. The molecule has 0 bridgehead atoms. The molecule has 0 aliphatic carbocycles. The Morgan fingerprint density at radius 2 is 1.87 bits per heavy atom. The van der Waals surface area contributed by atoms with Crippen LogP contribution in [0.4, 0.5) is 4.39 Å². The number of rotatable bonds is 6. The van der Waals surface area contributed by atoms with E-state index >= 15 is 0 Å². The Balaban J connectivity index is 1.63. The van der Waals surface area contributed by atoms with Crippen LogP contribution >= 0.6 is 0 Å². The first-order valence-corrected chi connectivity index (χ1v) is 10.3. The number of carbonyl (C=O) groups excluding carboxylic acids is 2. The van der Waals surface area contributed by atoms with Crippen LogP contribution in [0.2, 0.25) is 0 Å². The van der Waals surface area contributed by atoms with Gasteiger partial charge in [-0.2, -0.15) is 0 Å². The van der Waals surface area contributed by atoms with Gasteiger partial charge in [-0.15, -0.1) is 0 Å². The molecule has 1 amide bonds. The van der Waals surface area contributed by atoms with Gasteiger partial charge >= 0.3 is 0 Å². The SMILES string of the molecule is CCC(=O)c1ccc(Cn2cc(C(=O)NC3CCOCC3)c3c(F)cccc32)cc1. The van der Waals surface area contributed by atoms with Gasteiger partial charge in [-0.3, -0.25) is 9.59 Å². The summed E-state index contributed by atoms with van der Waals surface area (Å²) in [5.74, 6) is -0.575. The van der Waals surface area contributed by atoms with Crippen molar-refractivity contribution >= 4 is 22.6 Å². The summed E-state index contributed by atoms with van der Waals surface area (Å²) in [5, 5.41) is 3.35. The van der Waals surface area contributed by atoms with Crippen molar-refractivity contribution in [2.45, 2.75) is 38.8 Å². The van der Waals surface area contributed by atoms with Crippen molar-refractivity contribution in [3.05, 3.63) is 71.2 Å². The van der Waals surface area contributed by atoms with E-state index in [1.54, 1.807) is 12.3 Å². The lowest BCUT2D eigenvalue weighted by Gasteiger charge is -2.22. The van der Waals surface area contributed by atoms with Crippen molar-refractivity contribution in [2.75, 3.05) is 13.2 Å². The molecule has 4 rings (SSSR count). The fourth-order valence-corrected chi connectivity index (χ4v) is 3.91. The van der Waals surface area contributed by atoms with Gasteiger partial charge in [0.2, 0.25) is 0 Å². The van der Waals surface area contributed by atoms with E-state index in [4.69, 9.17) is 4.74 Å². The highest BCUT2D eigenvalue weighted by molar-refractivity contribution is 6.07. The number of hydrogen-bond acceptors (Lipinski definition) is 3. The van der Waals surface area contributed by atoms with Gasteiger partial charge in [0.15, 0.2) is 5.78 Å². The third-order valence-electron chi connectivity index (χ3n) is 5.61. The van der Waals surface area contributed by atoms with Crippen molar-refractivity contribution in [3.8, 4) is 0 Å². The van der Waals surface area contributed by atoms with E-state index in [9.17, 15) is 14.0 Å². The molecule has 1 aliphatic heterocycles. The van der Waals surface area contributed by atoms with Crippen LogP contribution in [-0.2, 0) is 11.3 Å². The first-order valence-electron chi connectivity index (χ1n) is 10.3. The maximum absolute atomic E-state index is 14.7. The summed E-state index contributed by atoms with van der Waals surface area (Å²) >= 11 is 0. The van der Waals surface area contributed by atoms with Crippen LogP contribution in [-0.4, -0.2) is 35.5 Å². The molecular formula is C24H25FN2O3. The van der Waals surface area contributed by atoms with Gasteiger partial charge < -0.3 is 14.6 Å². The maximum atomic E-state index is 14.7. The molecule has 0 spiro atoms. The van der Waals surface area contributed by atoms with E-state index in [1.807, 2.05) is 41.8 Å². The molecule has 3 aromatic rings. The zero-order valence-electron chi connectivity index (χ0n) is 17.0. The zero-order chi connectivity index (χ0) is 21.1. The molecule has 0 saturated carbocycles. The van der Waals surface area contributed by atoms with Gasteiger partial charge in [-0.1, -0.05) is 37.3 Å². The number of aromatic nitrogens is 1. The number of hydrogen-bond donors (Lipinski definition) is 1. The molecule has 1 N–H and O–H groups in total. The van der Waals surface area contributed by atoms with Crippen molar-refractivity contribution in [1.29, 1.82) is 0 Å². The summed E-state index contributed by atoms with van der Waals surface area (Å²) in [6.07, 6.45) is 3.70. The fourth-order valence-electron chi connectivity index (χ4n) is 3.91. The molecule has 0 radical (unpaired) electrons. The molecule has 156 valence electrons. The molecule has 1 fully saturated rings. The summed E-state index contributed by atoms with van der Waals surface area (Å²) in [7, 11) is 0. The lowest BCUT2D eigenvalue weighted by molar-refractivity contribution is 0.0697. The topological polar surface area (TPSA) is 60.3 Å². The van der Waals surface area contributed by atoms with Gasteiger partial charge in [0.05, 0.1) is 11.1 Å². The van der Waals surface area contributed by atoms with Crippen molar-refractivity contribution < 1.29 is 18.7 Å². The van der Waals surface area contributed by atoms with E-state index in [1.165, 1.54) is 6.07 Å². The monoisotopic (exact) mass is 408 g/mol. The minimum absolute atomic E-state index is 0.0417. The summed E-state index contributed by atoms with van der Waals surface area (Å²) in [6, 6.07) is 12.3. The fraction of sp³-hybridized carbons (Fsp3) is 0.333. The minimum Gasteiger partial charge on any atom is -0.381 e. The number of amides is 1. The van der Waals surface area contributed by atoms with Crippen LogP contribution in [0, 0.1) is 5.82 Å². The normalized spacial score (nSPS) is 14.7. The quantitative estimate of drug-likeness (QED) is 0.618. The Hall–Kier alpha value is -2.99. The second kappa shape index (κ2) is 8.79. The van der Waals surface area contributed by atoms with Gasteiger partial charge in [0, 0.05) is 49.4 Å². The summed E-state index contributed by atoms with van der Waals surface area (Å²) in [4.78, 5) is 24.8. The van der Waals surface area contributed by atoms with Crippen molar-refractivity contribution in [3.63, 3.8) is 0 Å². The number of ketones is 1. The molecule has 1 aromatic heterocycles. The number of Topliss-reactive ketones (excluding diaryl/α,β-unsaturated/α-hetero) is 1. The molecule has 0 atom stereocenters. The highest BCUT2D eigenvalue weighted by atomic mass is 19.1. The average Bonchev–Trinajstić information content (AvgIpc) is 3.14. The number of fused-ring (bicyclic) bond motifs is 1. The van der Waals surface area contributed by atoms with E-state index < -0.39 is 5.82 Å². The Bertz CT molecular complexity index is 1070. The van der Waals surface area contributed by atoms with E-state index in [2.05, 4.69) is 5.32 Å². The molecule has 1 saturated heterocycles. The van der Waals surface area contributed by atoms with Crippen molar-refractivity contribution in [1.82, 2.24) is 9.88 Å². The van der Waals surface area contributed by atoms with Gasteiger partial charge in [0.25, 0.3) is 5.91 Å². The van der Waals surface area contributed by atoms with Gasteiger partial charge in [0.1, 0.15) is 5.82 Å². The average molecular weight is 408 g/mol. The molecule has 2 aromatic carbocycles. The number of halogens is 1. The lowest BCUT2D eigenvalue weighted by Crippen LogP contribution is -2.38. The van der Waals surface area contributed by atoms with Crippen LogP contribution in [0.15, 0.2) is 48.7 Å². The second-order valence-corrected chi connectivity index (χ2v) is 7.64. The summed E-state index contributed by atoms with van der Waals surface area (Å²) < 4.78 is 21.9. The molecule has 1 aliphatic rings. The number of carbonyl (C=O) groups is 2. The largest absolute Gasteiger partial charge is 0.381 e. The molecule has 30 heavy (non-hydrogen) atoms. The molecule has 2 heterocycles. The number of ether oxygens (including phenoxy) is 1. The third kappa shape index (κ3) is 4.14. The number of benzene rings is 2. The highest BCUT2D eigenvalue weighted by Crippen LogP contribution is 2.26. The van der Waals surface area contributed by atoms with E-state index in [0.29, 0.717) is 48.2 Å². The van der Waals surface area contributed by atoms with Crippen LogP contribution in [0.3, 0.4) is 0 Å². The van der Waals surface area contributed by atoms with Gasteiger partial charge in [-0.25, -0.2) is 4.39 Å². The predicted molar refractivity (Wildman–Crippen MR) is 113 cm³/mol. The van der Waals surface area contributed by atoms with E-state index in [0.717, 1.165) is 18.4 Å². The summed E-state index contributed by atoms with van der Waals surface area (Å²) in [5.41, 5.74) is 2.66. The molecular weight excluding hydrogens is 383 g/mol. The van der Waals surface area contributed by atoms with Gasteiger partial charge in [-0.05, 0) is 30.5 Å². The number of nitrogens with zero attached hydrogens (tertiary/aromatic N) is 1.